The maximum Gasteiger partial charge on any atom is 0.251 e. The van der Waals surface area contributed by atoms with Gasteiger partial charge in [-0.2, -0.15) is 0 Å². The summed E-state index contributed by atoms with van der Waals surface area (Å²) in [6, 6.07) is 13.7. The number of likely N-dealkylation sites (tertiary alicyclic amines) is 1. The van der Waals surface area contributed by atoms with Crippen LogP contribution in [0.2, 0.25) is 0 Å². The quantitative estimate of drug-likeness (QED) is 0.911. The molecule has 1 saturated heterocycles. The summed E-state index contributed by atoms with van der Waals surface area (Å²) in [4.78, 5) is 14.8. The SMILES string of the molecule is O=C(NCc1ccc(CN2CCCC2)cc1)c1ccc2c(c1)OCO2. The van der Waals surface area contributed by atoms with Crippen molar-refractivity contribution < 1.29 is 14.3 Å². The van der Waals surface area contributed by atoms with Crippen molar-refractivity contribution in [1.82, 2.24) is 10.2 Å². The molecule has 5 heteroatoms. The fourth-order valence-electron chi connectivity index (χ4n) is 3.28. The van der Waals surface area contributed by atoms with Gasteiger partial charge in [0.15, 0.2) is 11.5 Å². The van der Waals surface area contributed by atoms with E-state index in [9.17, 15) is 4.79 Å². The van der Waals surface area contributed by atoms with Crippen LogP contribution in [0.3, 0.4) is 0 Å². The topological polar surface area (TPSA) is 50.8 Å². The average molecular weight is 338 g/mol. The predicted octanol–water partition coefficient (Wildman–Crippen LogP) is 2.94. The number of fused-ring (bicyclic) bond motifs is 1. The van der Waals surface area contributed by atoms with Gasteiger partial charge >= 0.3 is 0 Å². The lowest BCUT2D eigenvalue weighted by atomic mass is 10.1. The van der Waals surface area contributed by atoms with Crippen LogP contribution in [0.4, 0.5) is 0 Å². The summed E-state index contributed by atoms with van der Waals surface area (Å²) in [6.07, 6.45) is 2.62. The molecule has 0 saturated carbocycles. The molecule has 2 aliphatic rings. The molecule has 1 fully saturated rings. The highest BCUT2D eigenvalue weighted by Crippen LogP contribution is 2.32. The molecule has 25 heavy (non-hydrogen) atoms. The fourth-order valence-corrected chi connectivity index (χ4v) is 3.28. The van der Waals surface area contributed by atoms with Gasteiger partial charge in [-0.25, -0.2) is 0 Å². The Morgan fingerprint density at radius 1 is 0.960 bits per heavy atom. The van der Waals surface area contributed by atoms with Gasteiger partial charge in [0.05, 0.1) is 0 Å². The van der Waals surface area contributed by atoms with E-state index in [1.165, 1.54) is 31.5 Å². The number of rotatable bonds is 5. The molecule has 4 rings (SSSR count). The molecule has 0 spiro atoms. The highest BCUT2D eigenvalue weighted by atomic mass is 16.7. The molecule has 5 nitrogen and oxygen atoms in total. The minimum Gasteiger partial charge on any atom is -0.454 e. The Bertz CT molecular complexity index is 752. The van der Waals surface area contributed by atoms with Gasteiger partial charge in [-0.15, -0.1) is 0 Å². The molecular weight excluding hydrogens is 316 g/mol. The zero-order valence-electron chi connectivity index (χ0n) is 14.2. The third kappa shape index (κ3) is 3.77. The van der Waals surface area contributed by atoms with Crippen LogP contribution < -0.4 is 14.8 Å². The first kappa shape index (κ1) is 16.0. The molecule has 2 aliphatic heterocycles. The monoisotopic (exact) mass is 338 g/mol. The first-order valence-electron chi connectivity index (χ1n) is 8.76. The van der Waals surface area contributed by atoms with Crippen molar-refractivity contribution in [2.24, 2.45) is 0 Å². The molecule has 0 radical (unpaired) electrons. The van der Waals surface area contributed by atoms with Crippen molar-refractivity contribution in [3.8, 4) is 11.5 Å². The summed E-state index contributed by atoms with van der Waals surface area (Å²) in [6.45, 7) is 4.14. The van der Waals surface area contributed by atoms with Gasteiger partial charge in [0.1, 0.15) is 0 Å². The molecule has 130 valence electrons. The molecule has 2 aromatic carbocycles. The number of hydrogen-bond acceptors (Lipinski definition) is 4. The van der Waals surface area contributed by atoms with Crippen molar-refractivity contribution in [3.05, 3.63) is 59.2 Å². The van der Waals surface area contributed by atoms with Crippen LogP contribution in [-0.4, -0.2) is 30.7 Å². The molecule has 1 amide bonds. The van der Waals surface area contributed by atoms with Gasteiger partial charge in [0.25, 0.3) is 5.91 Å². The second-order valence-electron chi connectivity index (χ2n) is 6.55. The number of carbonyl (C=O) groups is 1. The van der Waals surface area contributed by atoms with Gasteiger partial charge in [-0.05, 0) is 55.3 Å². The first-order chi connectivity index (χ1) is 12.3. The molecule has 0 unspecified atom stereocenters. The van der Waals surface area contributed by atoms with Crippen LogP contribution in [0.1, 0.15) is 34.3 Å². The summed E-state index contributed by atoms with van der Waals surface area (Å²) >= 11 is 0. The Morgan fingerprint density at radius 3 is 2.48 bits per heavy atom. The molecule has 0 bridgehead atoms. The van der Waals surface area contributed by atoms with Gasteiger partial charge in [-0.3, -0.25) is 9.69 Å². The van der Waals surface area contributed by atoms with Crippen molar-refractivity contribution in [2.75, 3.05) is 19.9 Å². The summed E-state index contributed by atoms with van der Waals surface area (Å²) in [5, 5.41) is 2.95. The van der Waals surface area contributed by atoms with Gasteiger partial charge < -0.3 is 14.8 Å². The third-order valence-corrected chi connectivity index (χ3v) is 4.72. The maximum atomic E-state index is 12.3. The number of amides is 1. The number of ether oxygens (including phenoxy) is 2. The van der Waals surface area contributed by atoms with E-state index in [-0.39, 0.29) is 12.7 Å². The highest BCUT2D eigenvalue weighted by Gasteiger charge is 2.16. The van der Waals surface area contributed by atoms with E-state index in [4.69, 9.17) is 9.47 Å². The molecule has 2 aromatic rings. The molecule has 2 heterocycles. The lowest BCUT2D eigenvalue weighted by molar-refractivity contribution is 0.0950. The van der Waals surface area contributed by atoms with Crippen molar-refractivity contribution >= 4 is 5.91 Å². The minimum atomic E-state index is -0.112. The molecule has 0 aromatic heterocycles. The van der Waals surface area contributed by atoms with Crippen LogP contribution in [-0.2, 0) is 13.1 Å². The van der Waals surface area contributed by atoms with Crippen molar-refractivity contribution in [2.45, 2.75) is 25.9 Å². The first-order valence-corrected chi connectivity index (χ1v) is 8.76. The molecule has 1 N–H and O–H groups in total. The highest BCUT2D eigenvalue weighted by molar-refractivity contribution is 5.94. The van der Waals surface area contributed by atoms with Crippen molar-refractivity contribution in [1.29, 1.82) is 0 Å². The van der Waals surface area contributed by atoms with Crippen molar-refractivity contribution in [3.63, 3.8) is 0 Å². The Hall–Kier alpha value is -2.53. The third-order valence-electron chi connectivity index (χ3n) is 4.72. The Kier molecular flexibility index (Phi) is 4.57. The van der Waals surface area contributed by atoms with Crippen LogP contribution >= 0.6 is 0 Å². The second-order valence-corrected chi connectivity index (χ2v) is 6.55. The molecular formula is C20H22N2O3. The van der Waals surface area contributed by atoms with Crippen LogP contribution in [0.25, 0.3) is 0 Å². The summed E-state index contributed by atoms with van der Waals surface area (Å²) in [5.41, 5.74) is 3.00. The van der Waals surface area contributed by atoms with Gasteiger partial charge in [-0.1, -0.05) is 24.3 Å². The van der Waals surface area contributed by atoms with E-state index < -0.39 is 0 Å². The minimum absolute atomic E-state index is 0.112. The fraction of sp³-hybridized carbons (Fsp3) is 0.350. The van der Waals surface area contributed by atoms with E-state index >= 15 is 0 Å². The van der Waals surface area contributed by atoms with E-state index in [2.05, 4.69) is 34.5 Å². The predicted molar refractivity (Wildman–Crippen MR) is 94.7 cm³/mol. The Labute approximate surface area is 147 Å². The smallest absolute Gasteiger partial charge is 0.251 e. The largest absolute Gasteiger partial charge is 0.454 e. The van der Waals surface area contributed by atoms with Gasteiger partial charge in [0, 0.05) is 18.7 Å². The van der Waals surface area contributed by atoms with Gasteiger partial charge in [0.2, 0.25) is 6.79 Å². The number of hydrogen-bond donors (Lipinski definition) is 1. The average Bonchev–Trinajstić information content (AvgIpc) is 3.31. The van der Waals surface area contributed by atoms with E-state index in [1.54, 1.807) is 18.2 Å². The van der Waals surface area contributed by atoms with E-state index in [1.807, 2.05) is 0 Å². The maximum absolute atomic E-state index is 12.3. The summed E-state index contributed by atoms with van der Waals surface area (Å²) in [7, 11) is 0. The lowest BCUT2D eigenvalue weighted by Crippen LogP contribution is -2.22. The molecule has 0 aliphatic carbocycles. The standard InChI is InChI=1S/C20H22N2O3/c23-20(17-7-8-18-19(11-17)25-14-24-18)21-12-15-3-5-16(6-4-15)13-22-9-1-2-10-22/h3-8,11H,1-2,9-10,12-14H2,(H,21,23). The number of nitrogens with one attached hydrogen (secondary N) is 1. The Morgan fingerprint density at radius 2 is 1.68 bits per heavy atom. The normalized spacial score (nSPS) is 16.2. The van der Waals surface area contributed by atoms with Crippen LogP contribution in [0.15, 0.2) is 42.5 Å². The second kappa shape index (κ2) is 7.15. The number of nitrogens with zero attached hydrogens (tertiary/aromatic N) is 1. The zero-order chi connectivity index (χ0) is 17.1. The number of carbonyl (C=O) groups excluding carboxylic acids is 1. The number of benzene rings is 2. The van der Waals surface area contributed by atoms with Crippen LogP contribution in [0, 0.1) is 0 Å². The van der Waals surface area contributed by atoms with E-state index in [0.717, 1.165) is 12.1 Å². The van der Waals surface area contributed by atoms with Crippen LogP contribution in [0.5, 0.6) is 11.5 Å². The lowest BCUT2D eigenvalue weighted by Gasteiger charge is -2.14. The summed E-state index contributed by atoms with van der Waals surface area (Å²) in [5.74, 6) is 1.20. The molecule has 0 atom stereocenters. The van der Waals surface area contributed by atoms with E-state index in [0.29, 0.717) is 23.6 Å². The summed E-state index contributed by atoms with van der Waals surface area (Å²) < 4.78 is 10.6. The zero-order valence-corrected chi connectivity index (χ0v) is 14.2. The Balaban J connectivity index is 1.32.